The molecule has 2 aromatic rings. The Labute approximate surface area is 238 Å². The van der Waals surface area contributed by atoms with Crippen LogP contribution >= 0.6 is 0 Å². The number of hydrogen-bond donors (Lipinski definition) is 0. The minimum atomic E-state index is -3.54. The van der Waals surface area contributed by atoms with E-state index in [-0.39, 0.29) is 0 Å². The van der Waals surface area contributed by atoms with Crippen molar-refractivity contribution < 1.29 is 16.3 Å². The first-order valence-electron chi connectivity index (χ1n) is 16.1. The van der Waals surface area contributed by atoms with E-state index in [0.717, 1.165) is 7.25 Å². The van der Waals surface area contributed by atoms with Gasteiger partial charge in [0.1, 0.15) is 0 Å². The first-order chi connectivity index (χ1) is 18.3. The van der Waals surface area contributed by atoms with Gasteiger partial charge in [-0.3, -0.25) is 0 Å². The fraction of sp³-hybridized carbons (Fsp3) is 0.556. The van der Waals surface area contributed by atoms with Crippen molar-refractivity contribution in [1.82, 2.24) is 0 Å². The normalized spacial score (nSPS) is 20.2. The van der Waals surface area contributed by atoms with Crippen molar-refractivity contribution in [2.45, 2.75) is 120 Å². The molecule has 2 heteroatoms. The standard InChI is InChI=1S/2C16H21.C2H7Ge.2CH3.Zr/c2*1-3-5-10-15-13(8-4-2)12-14-9-6-7-11-16(14)15;1-3-2;;;/h2*6-7,9,11-12H,3-5,8,10H2,1-2H3;3H,1-2H3;2*1H3;. The van der Waals surface area contributed by atoms with Crippen LogP contribution in [-0.4, -0.2) is 10.6 Å². The van der Waals surface area contributed by atoms with Crippen LogP contribution in [-0.2, 0) is 16.3 Å². The monoisotopic (exact) mass is 651 g/mol. The summed E-state index contributed by atoms with van der Waals surface area (Å²) in [6.45, 7) is 9.57. The van der Waals surface area contributed by atoms with Crippen LogP contribution < -0.4 is 0 Å². The molecule has 0 N–H and O–H groups in total. The van der Waals surface area contributed by atoms with Gasteiger partial charge in [0.2, 0.25) is 0 Å². The average molecular weight is 652 g/mol. The van der Waals surface area contributed by atoms with E-state index in [2.05, 4.69) is 97.0 Å². The van der Waals surface area contributed by atoms with E-state index >= 15 is 0 Å². The van der Waals surface area contributed by atoms with Crippen molar-refractivity contribution in [3.8, 4) is 0 Å². The van der Waals surface area contributed by atoms with E-state index in [0.29, 0.717) is 0 Å². The molecular formula is C36H55GeZr. The summed E-state index contributed by atoms with van der Waals surface area (Å²) in [6, 6.07) is 19.5. The van der Waals surface area contributed by atoms with Crippen molar-refractivity contribution in [3.63, 3.8) is 0 Å². The molecule has 207 valence electrons. The van der Waals surface area contributed by atoms with E-state index in [9.17, 15) is 0 Å². The summed E-state index contributed by atoms with van der Waals surface area (Å²) in [5, 5.41) is 0. The summed E-state index contributed by atoms with van der Waals surface area (Å²) < 4.78 is 7.45. The van der Waals surface area contributed by atoms with Crippen LogP contribution in [0.4, 0.5) is 0 Å². The molecule has 0 bridgehead atoms. The van der Waals surface area contributed by atoms with Crippen LogP contribution in [0.15, 0.2) is 59.7 Å². The second kappa shape index (κ2) is 12.5. The first kappa shape index (κ1) is 30.3. The molecule has 0 spiro atoms. The summed E-state index contributed by atoms with van der Waals surface area (Å²) in [5.74, 6) is 5.62. The van der Waals surface area contributed by atoms with Gasteiger partial charge < -0.3 is 0 Å². The number of benzene rings is 2. The van der Waals surface area contributed by atoms with Crippen molar-refractivity contribution in [2.24, 2.45) is 0 Å². The van der Waals surface area contributed by atoms with E-state index in [4.69, 9.17) is 0 Å². The van der Waals surface area contributed by atoms with Crippen molar-refractivity contribution in [3.05, 3.63) is 81.9 Å². The van der Waals surface area contributed by atoms with Crippen molar-refractivity contribution in [2.75, 3.05) is 0 Å². The molecule has 2 unspecified atom stereocenters. The van der Waals surface area contributed by atoms with E-state index in [1.807, 2.05) is 11.1 Å². The van der Waals surface area contributed by atoms with Gasteiger partial charge in [-0.25, -0.2) is 0 Å². The Kier molecular flexibility index (Phi) is 9.95. The van der Waals surface area contributed by atoms with Crippen LogP contribution in [0.1, 0.15) is 121 Å². The molecule has 0 heterocycles. The minimum absolute atomic E-state index is 0.731. The Morgan fingerprint density at radius 1 is 0.579 bits per heavy atom. The Hall–Kier alpha value is -0.654. The quantitative estimate of drug-likeness (QED) is 0.189. The topological polar surface area (TPSA) is 0 Å². The maximum atomic E-state index is 2.99. The SMILES string of the molecule is CCCCC1=C(CCC)[CH]([Zr]([CH3])([CH3])([CH]2C(CCC)=C(CCCC)c3ccccc32)[GeH]([CH3])[CH3])c2ccccc21. The molecule has 4 rings (SSSR count). The number of hydrogen-bond acceptors (Lipinski definition) is 0. The zero-order valence-electron chi connectivity index (χ0n) is 25.9. The molecule has 0 aliphatic heterocycles. The Balaban J connectivity index is 2.05. The molecule has 0 radical (unpaired) electrons. The van der Waals surface area contributed by atoms with Gasteiger partial charge in [-0.15, -0.1) is 0 Å². The van der Waals surface area contributed by atoms with Crippen LogP contribution in [0.5, 0.6) is 0 Å². The van der Waals surface area contributed by atoms with E-state index < -0.39 is 26.8 Å². The molecular weight excluding hydrogens is 596 g/mol. The number of allylic oxidation sites excluding steroid dienone is 4. The van der Waals surface area contributed by atoms with Gasteiger partial charge in [0, 0.05) is 0 Å². The predicted molar refractivity (Wildman–Crippen MR) is 172 cm³/mol. The molecule has 0 nitrogen and oxygen atoms in total. The maximum absolute atomic E-state index is 3.54. The number of fused-ring (bicyclic) bond motifs is 2. The number of rotatable bonds is 13. The molecule has 0 saturated heterocycles. The van der Waals surface area contributed by atoms with Gasteiger partial charge in [-0.1, -0.05) is 0 Å². The van der Waals surface area contributed by atoms with Crippen LogP contribution in [0.2, 0.25) is 20.8 Å². The van der Waals surface area contributed by atoms with Crippen LogP contribution in [0, 0.1) is 0 Å². The summed E-state index contributed by atoms with van der Waals surface area (Å²) in [6.07, 6.45) is 12.9. The summed E-state index contributed by atoms with van der Waals surface area (Å²) in [5.41, 5.74) is 14.1. The number of unbranched alkanes of at least 4 members (excludes halogenated alkanes) is 2. The molecule has 2 aliphatic rings. The van der Waals surface area contributed by atoms with E-state index in [1.54, 1.807) is 33.4 Å². The third-order valence-corrected chi connectivity index (χ3v) is 85.5. The molecule has 0 aromatic heterocycles. The van der Waals surface area contributed by atoms with Crippen LogP contribution in [0.3, 0.4) is 0 Å². The third kappa shape index (κ3) is 5.00. The summed E-state index contributed by atoms with van der Waals surface area (Å²) in [4.78, 5) is 0. The zero-order valence-corrected chi connectivity index (χ0v) is 30.8. The van der Waals surface area contributed by atoms with Gasteiger partial charge in [-0.2, -0.15) is 0 Å². The summed E-state index contributed by atoms with van der Waals surface area (Å²) in [7, 11) is -1.65. The second-order valence-electron chi connectivity index (χ2n) is 13.6. The van der Waals surface area contributed by atoms with E-state index in [1.165, 1.54) is 64.2 Å². The Morgan fingerprint density at radius 2 is 0.974 bits per heavy atom. The second-order valence-corrected chi connectivity index (χ2v) is 72.1. The Bertz CT molecular complexity index is 1110. The fourth-order valence-corrected chi connectivity index (χ4v) is 51.6. The molecule has 2 aliphatic carbocycles. The zero-order chi connectivity index (χ0) is 27.5. The molecule has 38 heavy (non-hydrogen) atoms. The molecule has 2 aromatic carbocycles. The average Bonchev–Trinajstić information content (AvgIpc) is 3.39. The summed E-state index contributed by atoms with van der Waals surface area (Å²) >= 11 is -3.54. The van der Waals surface area contributed by atoms with Crippen molar-refractivity contribution in [1.29, 1.82) is 0 Å². The fourth-order valence-electron chi connectivity index (χ4n) is 8.46. The molecule has 0 fully saturated rings. The first-order valence-corrected chi connectivity index (χ1v) is 37.3. The molecule has 0 amide bonds. The Morgan fingerprint density at radius 3 is 1.32 bits per heavy atom. The van der Waals surface area contributed by atoms with Gasteiger partial charge >= 0.3 is 240 Å². The molecule has 0 saturated carbocycles. The third-order valence-electron chi connectivity index (χ3n) is 10.9. The van der Waals surface area contributed by atoms with Gasteiger partial charge in [0.15, 0.2) is 0 Å². The molecule has 2 atom stereocenters. The van der Waals surface area contributed by atoms with Crippen molar-refractivity contribution >= 4 is 21.7 Å². The van der Waals surface area contributed by atoms with Gasteiger partial charge in [0.25, 0.3) is 0 Å². The predicted octanol–water partition coefficient (Wildman–Crippen LogP) is 11.8. The van der Waals surface area contributed by atoms with Gasteiger partial charge in [0.05, 0.1) is 0 Å². The van der Waals surface area contributed by atoms with Gasteiger partial charge in [-0.05, 0) is 0 Å². The van der Waals surface area contributed by atoms with Crippen LogP contribution in [0.25, 0.3) is 11.1 Å².